The molecule has 2 saturated heterocycles. The van der Waals surface area contributed by atoms with Gasteiger partial charge >= 0.3 is 6.09 Å². The van der Waals surface area contributed by atoms with Gasteiger partial charge in [0.25, 0.3) is 0 Å². The summed E-state index contributed by atoms with van der Waals surface area (Å²) < 4.78 is 20.0. The third-order valence-corrected chi connectivity index (χ3v) is 6.94. The van der Waals surface area contributed by atoms with Crippen molar-refractivity contribution in [3.05, 3.63) is 30.2 Å². The molecular formula is C24H31FN8O2. The first-order valence-electron chi connectivity index (χ1n) is 11.9. The monoisotopic (exact) mass is 482 g/mol. The SMILES string of the molecule is COC(=O)N1C[C@@H](C)N(c2ncc3[nH]nc(-c4ccc(N5CCN(C)CC5)c(F)c4)c3n2)[C@@H](C)C1. The van der Waals surface area contributed by atoms with Crippen LogP contribution in [0.15, 0.2) is 24.4 Å². The van der Waals surface area contributed by atoms with E-state index in [1.54, 1.807) is 11.1 Å². The molecule has 2 atom stereocenters. The van der Waals surface area contributed by atoms with Gasteiger partial charge in [-0.1, -0.05) is 6.07 Å². The number of carbonyl (C=O) groups excluding carboxylic acids is 1. The number of fused-ring (bicyclic) bond motifs is 1. The molecule has 0 saturated carbocycles. The number of halogens is 1. The van der Waals surface area contributed by atoms with Crippen LogP contribution in [0.25, 0.3) is 22.3 Å². The quantitative estimate of drug-likeness (QED) is 0.609. The smallest absolute Gasteiger partial charge is 0.409 e. The van der Waals surface area contributed by atoms with Gasteiger partial charge in [-0.05, 0) is 33.0 Å². The Balaban J connectivity index is 1.43. The van der Waals surface area contributed by atoms with Crippen molar-refractivity contribution in [2.24, 2.45) is 0 Å². The number of ether oxygens (including phenoxy) is 1. The number of benzene rings is 1. The van der Waals surface area contributed by atoms with E-state index in [0.717, 1.165) is 26.2 Å². The van der Waals surface area contributed by atoms with Crippen LogP contribution >= 0.6 is 0 Å². The molecule has 10 nitrogen and oxygen atoms in total. The Kier molecular flexibility index (Phi) is 6.18. The summed E-state index contributed by atoms with van der Waals surface area (Å²) in [5.74, 6) is 0.290. The topological polar surface area (TPSA) is 93.7 Å². The van der Waals surface area contributed by atoms with Crippen LogP contribution in [0.3, 0.4) is 0 Å². The van der Waals surface area contributed by atoms with Gasteiger partial charge in [-0.15, -0.1) is 0 Å². The zero-order chi connectivity index (χ0) is 24.7. The predicted octanol–water partition coefficient (Wildman–Crippen LogP) is 2.58. The average molecular weight is 483 g/mol. The third-order valence-electron chi connectivity index (χ3n) is 6.94. The first-order valence-corrected chi connectivity index (χ1v) is 11.9. The second-order valence-corrected chi connectivity index (χ2v) is 9.44. The fourth-order valence-electron chi connectivity index (χ4n) is 5.08. The van der Waals surface area contributed by atoms with Gasteiger partial charge in [-0.2, -0.15) is 5.10 Å². The number of piperazine rings is 2. The minimum atomic E-state index is -0.334. The van der Waals surface area contributed by atoms with Gasteiger partial charge < -0.3 is 24.3 Å². The molecule has 4 heterocycles. The Morgan fingerprint density at radius 3 is 2.51 bits per heavy atom. The number of methoxy groups -OCH3 is 1. The van der Waals surface area contributed by atoms with Crippen molar-refractivity contribution < 1.29 is 13.9 Å². The molecule has 2 aromatic heterocycles. The molecular weight excluding hydrogens is 451 g/mol. The molecule has 1 aromatic carbocycles. The van der Waals surface area contributed by atoms with E-state index in [0.29, 0.717) is 47.0 Å². The van der Waals surface area contributed by atoms with Crippen LogP contribution in [0.5, 0.6) is 0 Å². The first kappa shape index (κ1) is 23.3. The Hall–Kier alpha value is -3.47. The molecule has 5 rings (SSSR count). The molecule has 186 valence electrons. The van der Waals surface area contributed by atoms with E-state index in [1.807, 2.05) is 26.0 Å². The second kappa shape index (κ2) is 9.29. The van der Waals surface area contributed by atoms with Crippen LogP contribution in [0.2, 0.25) is 0 Å². The summed E-state index contributed by atoms with van der Waals surface area (Å²) in [6.07, 6.45) is 1.37. The molecule has 35 heavy (non-hydrogen) atoms. The van der Waals surface area contributed by atoms with Crippen LogP contribution in [-0.2, 0) is 4.74 Å². The van der Waals surface area contributed by atoms with Gasteiger partial charge in [-0.25, -0.2) is 19.2 Å². The summed E-state index contributed by atoms with van der Waals surface area (Å²) in [6.45, 7) is 8.50. The highest BCUT2D eigenvalue weighted by Crippen LogP contribution is 2.31. The average Bonchev–Trinajstić information content (AvgIpc) is 3.27. The Morgan fingerprint density at radius 2 is 1.86 bits per heavy atom. The Labute approximate surface area is 203 Å². The summed E-state index contributed by atoms with van der Waals surface area (Å²) >= 11 is 0. The van der Waals surface area contributed by atoms with Crippen molar-refractivity contribution in [1.29, 1.82) is 0 Å². The lowest BCUT2D eigenvalue weighted by molar-refractivity contribution is 0.109. The van der Waals surface area contributed by atoms with E-state index in [4.69, 9.17) is 9.72 Å². The molecule has 1 N–H and O–H groups in total. The summed E-state index contributed by atoms with van der Waals surface area (Å²) in [7, 11) is 3.47. The summed E-state index contributed by atoms with van der Waals surface area (Å²) in [6, 6.07) is 5.24. The largest absolute Gasteiger partial charge is 0.453 e. The number of nitrogens with zero attached hydrogens (tertiary/aromatic N) is 7. The van der Waals surface area contributed by atoms with E-state index >= 15 is 4.39 Å². The van der Waals surface area contributed by atoms with Crippen LogP contribution < -0.4 is 9.80 Å². The van der Waals surface area contributed by atoms with Gasteiger partial charge in [0, 0.05) is 56.9 Å². The minimum absolute atomic E-state index is 0.00836. The van der Waals surface area contributed by atoms with Gasteiger partial charge in [0.15, 0.2) is 0 Å². The van der Waals surface area contributed by atoms with Crippen molar-refractivity contribution in [2.45, 2.75) is 25.9 Å². The molecule has 2 aliphatic rings. The molecule has 0 radical (unpaired) electrons. The van der Waals surface area contributed by atoms with Crippen molar-refractivity contribution in [1.82, 2.24) is 30.0 Å². The lowest BCUT2D eigenvalue weighted by Crippen LogP contribution is -2.58. The van der Waals surface area contributed by atoms with Gasteiger partial charge in [0.2, 0.25) is 5.95 Å². The van der Waals surface area contributed by atoms with E-state index in [-0.39, 0.29) is 24.0 Å². The predicted molar refractivity (Wildman–Crippen MR) is 132 cm³/mol. The number of H-pyrrole nitrogens is 1. The zero-order valence-corrected chi connectivity index (χ0v) is 20.5. The summed E-state index contributed by atoms with van der Waals surface area (Å²) in [5, 5.41) is 7.40. The van der Waals surface area contributed by atoms with Crippen molar-refractivity contribution in [2.75, 3.05) is 63.2 Å². The maximum atomic E-state index is 15.2. The van der Waals surface area contributed by atoms with Crippen LogP contribution in [-0.4, -0.2) is 102 Å². The molecule has 3 aromatic rings. The molecule has 0 spiro atoms. The zero-order valence-electron chi connectivity index (χ0n) is 20.5. The van der Waals surface area contributed by atoms with Gasteiger partial charge in [0.1, 0.15) is 22.5 Å². The van der Waals surface area contributed by atoms with Gasteiger partial charge in [0.05, 0.1) is 19.0 Å². The maximum Gasteiger partial charge on any atom is 0.409 e. The molecule has 11 heteroatoms. The maximum absolute atomic E-state index is 15.2. The van der Waals surface area contributed by atoms with E-state index < -0.39 is 0 Å². The van der Waals surface area contributed by atoms with Crippen LogP contribution in [0.4, 0.5) is 20.8 Å². The normalized spacial score (nSPS) is 21.6. The van der Waals surface area contributed by atoms with E-state index in [2.05, 4.69) is 36.9 Å². The van der Waals surface area contributed by atoms with Crippen molar-refractivity contribution in [3.8, 4) is 11.3 Å². The molecule has 2 fully saturated rings. The van der Waals surface area contributed by atoms with Crippen molar-refractivity contribution >= 4 is 28.8 Å². The second-order valence-electron chi connectivity index (χ2n) is 9.44. The van der Waals surface area contributed by atoms with E-state index in [9.17, 15) is 4.79 Å². The fourth-order valence-corrected chi connectivity index (χ4v) is 5.08. The number of carbonyl (C=O) groups is 1. The molecule has 0 aliphatic carbocycles. The highest BCUT2D eigenvalue weighted by atomic mass is 19.1. The number of nitrogens with one attached hydrogen (secondary N) is 1. The molecule has 2 aliphatic heterocycles. The Bertz CT molecular complexity index is 1210. The number of anilines is 2. The lowest BCUT2D eigenvalue weighted by Gasteiger charge is -2.43. The molecule has 1 amide bonds. The number of amides is 1. The van der Waals surface area contributed by atoms with Gasteiger partial charge in [-0.3, -0.25) is 5.10 Å². The lowest BCUT2D eigenvalue weighted by atomic mass is 10.1. The third kappa shape index (κ3) is 4.36. The fraction of sp³-hybridized carbons (Fsp3) is 0.500. The molecule has 0 bridgehead atoms. The number of aromatic amines is 1. The number of hydrogen-bond donors (Lipinski definition) is 1. The van der Waals surface area contributed by atoms with Crippen LogP contribution in [0, 0.1) is 5.82 Å². The highest BCUT2D eigenvalue weighted by molar-refractivity contribution is 5.90. The number of hydrogen-bond acceptors (Lipinski definition) is 8. The summed E-state index contributed by atoms with van der Waals surface area (Å²) in [4.78, 5) is 29.5. The molecule has 0 unspecified atom stereocenters. The first-order chi connectivity index (χ1) is 16.9. The summed E-state index contributed by atoms with van der Waals surface area (Å²) in [5.41, 5.74) is 3.18. The van der Waals surface area contributed by atoms with Crippen LogP contribution in [0.1, 0.15) is 13.8 Å². The number of likely N-dealkylation sites (N-methyl/N-ethyl adjacent to an activating group) is 1. The Morgan fingerprint density at radius 1 is 1.14 bits per heavy atom. The van der Waals surface area contributed by atoms with Crippen molar-refractivity contribution in [3.63, 3.8) is 0 Å². The standard InChI is InChI=1S/C24H31FN8O2/c1-15-13-32(24(34)35-4)14-16(2)33(15)23-26-12-19-22(27-23)21(29-28-19)17-5-6-20(18(25)11-17)31-9-7-30(3)8-10-31/h5-6,11-12,15-16H,7-10,13-14H2,1-4H3,(H,28,29)/t15-,16+. The van der Waals surface area contributed by atoms with E-state index in [1.165, 1.54) is 13.2 Å². The number of rotatable bonds is 3. The highest BCUT2D eigenvalue weighted by Gasteiger charge is 2.34. The minimum Gasteiger partial charge on any atom is -0.453 e. The number of aromatic nitrogens is 4.